The van der Waals surface area contributed by atoms with Gasteiger partial charge in [-0.1, -0.05) is 63.1 Å². The summed E-state index contributed by atoms with van der Waals surface area (Å²) in [5.74, 6) is 0. The van der Waals surface area contributed by atoms with Crippen LogP contribution in [-0.4, -0.2) is 0 Å². The van der Waals surface area contributed by atoms with Gasteiger partial charge in [0.2, 0.25) is 0 Å². The summed E-state index contributed by atoms with van der Waals surface area (Å²) in [7, 11) is 0. The van der Waals surface area contributed by atoms with Crippen LogP contribution >= 0.6 is 63.1 Å². The molecule has 0 amide bonds. The van der Waals surface area contributed by atoms with E-state index in [2.05, 4.69) is 0 Å². The van der Waals surface area contributed by atoms with Gasteiger partial charge in [-0.05, 0) is 121 Å². The molecule has 245 valence electrons. The molecule has 15 heteroatoms. The van der Waals surface area contributed by atoms with Crippen LogP contribution in [0.5, 0.6) is 0 Å². The molecule has 0 spiro atoms. The van der Waals surface area contributed by atoms with Crippen LogP contribution in [0.1, 0.15) is 0 Å². The number of rotatable bonds is 0. The molecule has 0 atom stereocenters. The molecule has 10 N–H and O–H groups in total. The zero-order valence-corrected chi connectivity index (χ0v) is 27.6. The number of hydrogen-bond donors (Lipinski definition) is 5. The maximum Gasteiger partial charge on any atom is 0.0378 e. The molecule has 5 nitrogen and oxygen atoms in total. The van der Waals surface area contributed by atoms with Crippen molar-refractivity contribution in [3.05, 3.63) is 121 Å². The summed E-state index contributed by atoms with van der Waals surface area (Å²) in [6.45, 7) is 0. The highest BCUT2D eigenvalue weighted by Gasteiger charge is 1.85. The molecule has 5 radical (unpaired) electrons. The molecule has 0 heterocycles. The summed E-state index contributed by atoms with van der Waals surface area (Å²) < 4.78 is 0. The quantitative estimate of drug-likeness (QED) is 0.0803. The van der Waals surface area contributed by atoms with Gasteiger partial charge in [0.15, 0.2) is 0 Å². The fourth-order valence-corrected chi connectivity index (χ4v) is 3.02. The van der Waals surface area contributed by atoms with Gasteiger partial charge in [-0.2, -0.15) is 0 Å². The van der Waals surface area contributed by atoms with Gasteiger partial charge in [-0.3, -0.25) is 23.5 Å². The zero-order valence-electron chi connectivity index (χ0n) is 23.5. The van der Waals surface area contributed by atoms with Gasteiger partial charge in [0.1, 0.15) is 0 Å². The third-order valence-corrected chi connectivity index (χ3v) is 5.76. The van der Waals surface area contributed by atoms with E-state index in [1.807, 2.05) is 60.7 Å². The van der Waals surface area contributed by atoms with Gasteiger partial charge in [0.05, 0.1) is 0 Å². The molecule has 5 rings (SSSR count). The Hall–Kier alpha value is -4.15. The van der Waals surface area contributed by atoms with Crippen molar-refractivity contribution < 1.29 is 23.5 Å². The lowest BCUT2D eigenvalue weighted by atomic mass is 10.3. The van der Waals surface area contributed by atoms with Gasteiger partial charge in [-0.25, -0.2) is 0 Å². The van der Waals surface area contributed by atoms with E-state index in [-0.39, 0.29) is 23.5 Å². The molecule has 5 aromatic rings. The second-order valence-electron chi connectivity index (χ2n) is 7.85. The largest absolute Gasteiger partial charge is 0.399 e. The maximum atomic E-state index is 5.38. The highest BCUT2D eigenvalue weighted by atomic mass is 32.1. The summed E-state index contributed by atoms with van der Waals surface area (Å²) in [4.78, 5) is 4.16. The second kappa shape index (κ2) is 28.6. The first-order chi connectivity index (χ1) is 18.9. The van der Waals surface area contributed by atoms with Gasteiger partial charge in [0.25, 0.3) is 0 Å². The Morgan fingerprint density at radius 3 is 0.378 bits per heavy atom. The molecule has 45 heavy (non-hydrogen) atoms. The van der Waals surface area contributed by atoms with Crippen LogP contribution in [0, 0.1) is 0 Å². The van der Waals surface area contributed by atoms with E-state index in [9.17, 15) is 0 Å². The first kappa shape index (κ1) is 50.5. The van der Waals surface area contributed by atoms with Gasteiger partial charge in [0, 0.05) is 52.9 Å². The summed E-state index contributed by atoms with van der Waals surface area (Å²) >= 11 is 24.1. The predicted octanol–water partition coefficient (Wildman–Crippen LogP) is 9.89. The Bertz CT molecular complexity index is 1010. The fraction of sp³-hybridized carbons (Fsp3) is 0. The van der Waals surface area contributed by atoms with Crippen LogP contribution in [0.4, 0.5) is 52.0 Å². The van der Waals surface area contributed by atoms with E-state index in [1.165, 1.54) is 0 Å². The average molecular weight is 721 g/mol. The SMILES string of the molecule is F.F.F.F.F.Nc1ccc([S])cc1.Nc1ccc([S])cc1.Nc1ccc([S])cc1.Nc1ccc([S])cc1.Nc1ccc([S])cc1. The van der Waals surface area contributed by atoms with Crippen molar-refractivity contribution in [1.82, 2.24) is 0 Å². The molecule has 0 aliphatic carbocycles. The van der Waals surface area contributed by atoms with Crippen molar-refractivity contribution in [2.45, 2.75) is 24.5 Å². The van der Waals surface area contributed by atoms with Crippen molar-refractivity contribution in [1.29, 1.82) is 0 Å². The number of nitrogen functional groups attached to an aromatic ring is 5. The van der Waals surface area contributed by atoms with E-state index >= 15 is 0 Å². The Labute approximate surface area is 288 Å². The van der Waals surface area contributed by atoms with Crippen molar-refractivity contribution in [3.8, 4) is 0 Å². The first-order valence-corrected chi connectivity index (χ1v) is 13.6. The monoisotopic (exact) mass is 720 g/mol. The summed E-state index contributed by atoms with van der Waals surface area (Å²) in [6, 6.07) is 36.0. The minimum atomic E-state index is 0. The molecule has 5 aromatic carbocycles. The van der Waals surface area contributed by atoms with Crippen molar-refractivity contribution in [2.24, 2.45) is 0 Å². The van der Waals surface area contributed by atoms with Crippen LogP contribution < -0.4 is 28.7 Å². The zero-order chi connectivity index (χ0) is 29.9. The molecular weight excluding hydrogens is 686 g/mol. The Morgan fingerprint density at radius 2 is 0.311 bits per heavy atom. The topological polar surface area (TPSA) is 130 Å². The maximum absolute atomic E-state index is 5.38. The fourth-order valence-electron chi connectivity index (χ4n) is 2.34. The molecular formula is C30H35F5N5S5. The van der Waals surface area contributed by atoms with Crippen LogP contribution in [0.3, 0.4) is 0 Å². The van der Waals surface area contributed by atoms with Gasteiger partial charge >= 0.3 is 0 Å². The Morgan fingerprint density at radius 1 is 0.222 bits per heavy atom. The smallest absolute Gasteiger partial charge is 0.0378 e. The van der Waals surface area contributed by atoms with E-state index < -0.39 is 0 Å². The van der Waals surface area contributed by atoms with E-state index in [4.69, 9.17) is 91.8 Å². The number of nitrogens with two attached hydrogens (primary N) is 5. The normalized spacial score (nSPS) is 8.00. The molecule has 0 saturated carbocycles. The minimum Gasteiger partial charge on any atom is -0.399 e. The molecule has 0 aliphatic heterocycles. The lowest BCUT2D eigenvalue weighted by Crippen LogP contribution is -1.80. The molecule has 0 saturated heterocycles. The highest BCUT2D eigenvalue weighted by Crippen LogP contribution is 2.10. The van der Waals surface area contributed by atoms with Crippen LogP contribution in [-0.2, 0) is 0 Å². The van der Waals surface area contributed by atoms with Crippen LogP contribution in [0.2, 0.25) is 0 Å². The van der Waals surface area contributed by atoms with Crippen LogP contribution in [0.15, 0.2) is 146 Å². The molecule has 0 aliphatic rings. The molecule has 0 fully saturated rings. The third kappa shape index (κ3) is 27.2. The number of hydrogen-bond acceptors (Lipinski definition) is 5. The average Bonchev–Trinajstić information content (AvgIpc) is 2.94. The van der Waals surface area contributed by atoms with E-state index in [0.717, 1.165) is 52.9 Å². The van der Waals surface area contributed by atoms with Crippen molar-refractivity contribution in [2.75, 3.05) is 28.7 Å². The predicted molar refractivity (Wildman–Crippen MR) is 196 cm³/mol. The number of halogens is 5. The minimum absolute atomic E-state index is 0. The number of benzene rings is 5. The Balaban J connectivity index is -0.000000144. The lowest BCUT2D eigenvalue weighted by molar-refractivity contribution is 1.11. The Kier molecular flexibility index (Phi) is 32.1. The lowest BCUT2D eigenvalue weighted by Gasteiger charge is -1.88. The molecule has 0 aromatic heterocycles. The van der Waals surface area contributed by atoms with Gasteiger partial charge < -0.3 is 28.7 Å². The standard InChI is InChI=1S/5C6H6NS.5FH/c5*7-5-1-3-6(8)4-2-5;;;;;/h5*1-4H,7H2;5*1H. The second-order valence-corrected chi connectivity index (χ2v) is 10.2. The third-order valence-electron chi connectivity index (χ3n) is 4.40. The summed E-state index contributed by atoms with van der Waals surface area (Å²) in [5, 5.41) is 0. The van der Waals surface area contributed by atoms with Crippen LogP contribution in [0.25, 0.3) is 0 Å². The summed E-state index contributed by atoms with van der Waals surface area (Å²) in [5.41, 5.74) is 30.7. The van der Waals surface area contributed by atoms with Gasteiger partial charge in [-0.15, -0.1) is 0 Å². The first-order valence-electron chi connectivity index (χ1n) is 11.6. The van der Waals surface area contributed by atoms with Crippen molar-refractivity contribution >= 4 is 91.6 Å². The highest BCUT2D eigenvalue weighted by molar-refractivity contribution is 7.81. The summed E-state index contributed by atoms with van der Waals surface area (Å²) in [6.07, 6.45) is 0. The van der Waals surface area contributed by atoms with Crippen molar-refractivity contribution in [3.63, 3.8) is 0 Å². The van der Waals surface area contributed by atoms with E-state index in [0.29, 0.717) is 0 Å². The van der Waals surface area contributed by atoms with E-state index in [1.54, 1.807) is 60.7 Å². The number of anilines is 5. The molecule has 0 bridgehead atoms. The molecule has 0 unspecified atom stereocenters.